The Hall–Kier alpha value is -1.92. The van der Waals surface area contributed by atoms with E-state index < -0.39 is 5.76 Å². The largest absolute Gasteiger partial charge is 0.417 e. The Morgan fingerprint density at radius 2 is 2.10 bits per heavy atom. The molecule has 4 N–H and O–H groups in total. The summed E-state index contributed by atoms with van der Waals surface area (Å²) in [5.74, 6) is -0.511. The lowest BCUT2D eigenvalue weighted by atomic mass is 10.2. The highest BCUT2D eigenvalue weighted by atomic mass is 79.9. The van der Waals surface area contributed by atoms with Gasteiger partial charge in [0.1, 0.15) is 0 Å². The van der Waals surface area contributed by atoms with Crippen molar-refractivity contribution in [2.75, 3.05) is 11.1 Å². The molecule has 0 unspecified atom stereocenters. The molecule has 1 aromatic heterocycles. The van der Waals surface area contributed by atoms with Crippen molar-refractivity contribution in [3.8, 4) is 0 Å². The average molecular weight is 355 g/mol. The fraction of sp³-hybridized carbons (Fsp3) is 0. The number of nitrogens with one attached hydrogen (secondary N) is 2. The lowest BCUT2D eigenvalue weighted by Crippen LogP contribution is -1.96. The molecule has 0 aliphatic rings. The zero-order chi connectivity index (χ0) is 14.3. The summed E-state index contributed by atoms with van der Waals surface area (Å²) in [6, 6.07) is 8.77. The minimum absolute atomic E-state index is 0.423. The lowest BCUT2D eigenvalue weighted by molar-refractivity contribution is 0.555. The maximum atomic E-state index is 11.1. The maximum Gasteiger partial charge on any atom is 0.417 e. The number of aromatic amines is 1. The van der Waals surface area contributed by atoms with Gasteiger partial charge in [-0.25, -0.2) is 4.79 Å². The summed E-state index contributed by atoms with van der Waals surface area (Å²) in [5.41, 5.74) is 8.85. The van der Waals surface area contributed by atoms with E-state index in [1.807, 2.05) is 12.1 Å². The smallest absolute Gasteiger partial charge is 0.408 e. The minimum Gasteiger partial charge on any atom is -0.408 e. The molecule has 0 atom stereocenters. The summed E-state index contributed by atoms with van der Waals surface area (Å²) < 4.78 is 5.75. The highest BCUT2D eigenvalue weighted by Crippen LogP contribution is 2.30. The monoisotopic (exact) mass is 353 g/mol. The van der Waals surface area contributed by atoms with Crippen molar-refractivity contribution >= 4 is 55.7 Å². The van der Waals surface area contributed by atoms with Crippen molar-refractivity contribution in [1.29, 1.82) is 0 Å². The Morgan fingerprint density at radius 3 is 2.85 bits per heavy atom. The summed E-state index contributed by atoms with van der Waals surface area (Å²) >= 11 is 9.37. The number of benzene rings is 2. The van der Waals surface area contributed by atoms with E-state index in [-0.39, 0.29) is 0 Å². The topological polar surface area (TPSA) is 84.0 Å². The number of nitrogen functional groups attached to an aromatic ring is 1. The van der Waals surface area contributed by atoms with Crippen LogP contribution < -0.4 is 16.8 Å². The van der Waals surface area contributed by atoms with Crippen LogP contribution in [-0.4, -0.2) is 4.98 Å². The first kappa shape index (κ1) is 13.1. The van der Waals surface area contributed by atoms with Crippen molar-refractivity contribution in [3.63, 3.8) is 0 Å². The van der Waals surface area contributed by atoms with Crippen molar-refractivity contribution in [1.82, 2.24) is 4.98 Å². The third-order valence-electron chi connectivity index (χ3n) is 2.79. The molecule has 1 heterocycles. The fourth-order valence-corrected chi connectivity index (χ4v) is 2.28. The number of rotatable bonds is 2. The number of anilines is 3. The third kappa shape index (κ3) is 2.39. The zero-order valence-corrected chi connectivity index (χ0v) is 12.4. The first-order chi connectivity index (χ1) is 9.52. The van der Waals surface area contributed by atoms with Crippen LogP contribution >= 0.6 is 27.5 Å². The predicted molar refractivity (Wildman–Crippen MR) is 83.7 cm³/mol. The molecule has 0 aliphatic heterocycles. The van der Waals surface area contributed by atoms with E-state index in [2.05, 4.69) is 26.2 Å². The molecule has 102 valence electrons. The second-order valence-electron chi connectivity index (χ2n) is 4.20. The van der Waals surface area contributed by atoms with Gasteiger partial charge in [0.05, 0.1) is 21.9 Å². The third-order valence-corrected chi connectivity index (χ3v) is 4.02. The van der Waals surface area contributed by atoms with E-state index in [1.54, 1.807) is 18.2 Å². The molecule has 0 saturated carbocycles. The van der Waals surface area contributed by atoms with Crippen LogP contribution in [-0.2, 0) is 0 Å². The molecule has 0 aliphatic carbocycles. The van der Waals surface area contributed by atoms with Crippen molar-refractivity contribution in [2.45, 2.75) is 0 Å². The number of hydrogen-bond acceptors (Lipinski definition) is 4. The molecule has 0 saturated heterocycles. The van der Waals surface area contributed by atoms with Crippen LogP contribution in [0.4, 0.5) is 17.1 Å². The molecule has 0 bridgehead atoms. The van der Waals surface area contributed by atoms with Crippen molar-refractivity contribution < 1.29 is 4.42 Å². The van der Waals surface area contributed by atoms with Gasteiger partial charge in [0, 0.05) is 16.2 Å². The summed E-state index contributed by atoms with van der Waals surface area (Å²) in [5, 5.41) is 3.74. The molecule has 3 rings (SSSR count). The van der Waals surface area contributed by atoms with E-state index in [9.17, 15) is 4.79 Å². The van der Waals surface area contributed by atoms with Gasteiger partial charge in [-0.15, -0.1) is 0 Å². The lowest BCUT2D eigenvalue weighted by Gasteiger charge is -2.10. The quantitative estimate of drug-likeness (QED) is 0.610. The molecule has 0 fully saturated rings. The van der Waals surface area contributed by atoms with Crippen LogP contribution in [0.15, 0.2) is 44.0 Å². The Bertz CT molecular complexity index is 856. The molecule has 20 heavy (non-hydrogen) atoms. The van der Waals surface area contributed by atoms with Gasteiger partial charge in [0.2, 0.25) is 0 Å². The van der Waals surface area contributed by atoms with E-state index >= 15 is 0 Å². The summed E-state index contributed by atoms with van der Waals surface area (Å²) in [4.78, 5) is 13.7. The normalized spacial score (nSPS) is 10.9. The second-order valence-corrected chi connectivity index (χ2v) is 5.47. The van der Waals surface area contributed by atoms with Gasteiger partial charge in [-0.3, -0.25) is 4.98 Å². The van der Waals surface area contributed by atoms with Gasteiger partial charge in [-0.05, 0) is 40.2 Å². The minimum atomic E-state index is -0.511. The number of halogens is 2. The molecule has 0 radical (unpaired) electrons. The van der Waals surface area contributed by atoms with E-state index in [4.69, 9.17) is 21.8 Å². The summed E-state index contributed by atoms with van der Waals surface area (Å²) in [6.45, 7) is 0. The fourth-order valence-electron chi connectivity index (χ4n) is 1.85. The van der Waals surface area contributed by atoms with Gasteiger partial charge in [0.25, 0.3) is 0 Å². The van der Waals surface area contributed by atoms with E-state index in [1.165, 1.54) is 0 Å². The van der Waals surface area contributed by atoms with Crippen LogP contribution in [0.3, 0.4) is 0 Å². The summed E-state index contributed by atoms with van der Waals surface area (Å²) in [6.07, 6.45) is 0. The molecule has 0 spiro atoms. The van der Waals surface area contributed by atoms with Gasteiger partial charge >= 0.3 is 5.76 Å². The van der Waals surface area contributed by atoms with E-state index in [0.717, 1.165) is 10.2 Å². The number of oxazole rings is 1. The number of aromatic nitrogens is 1. The molecule has 3 aromatic rings. The molecule has 0 amide bonds. The van der Waals surface area contributed by atoms with Gasteiger partial charge in [-0.2, -0.15) is 0 Å². The Kier molecular flexibility index (Phi) is 3.19. The molecule has 5 nitrogen and oxygen atoms in total. The van der Waals surface area contributed by atoms with Crippen LogP contribution in [0.5, 0.6) is 0 Å². The van der Waals surface area contributed by atoms with Crippen LogP contribution in [0.25, 0.3) is 11.1 Å². The number of nitrogens with two attached hydrogens (primary N) is 1. The van der Waals surface area contributed by atoms with E-state index in [0.29, 0.717) is 27.5 Å². The first-order valence-corrected chi connectivity index (χ1v) is 6.84. The molecule has 2 aromatic carbocycles. The summed E-state index contributed by atoms with van der Waals surface area (Å²) in [7, 11) is 0. The number of H-pyrrole nitrogens is 1. The Labute approximate surface area is 126 Å². The van der Waals surface area contributed by atoms with Gasteiger partial charge in [-0.1, -0.05) is 11.6 Å². The predicted octanol–water partition coefficient (Wildman–Crippen LogP) is 3.86. The highest BCUT2D eigenvalue weighted by Gasteiger charge is 2.08. The number of fused-ring (bicyclic) bond motifs is 1. The SMILES string of the molecule is Nc1cc2oc(=O)[nH]c2cc1Nc1ccc(Br)c(Cl)c1. The average Bonchev–Trinajstić information content (AvgIpc) is 2.73. The molecule has 7 heteroatoms. The zero-order valence-electron chi connectivity index (χ0n) is 10.0. The highest BCUT2D eigenvalue weighted by molar-refractivity contribution is 9.10. The second kappa shape index (κ2) is 4.88. The van der Waals surface area contributed by atoms with Crippen molar-refractivity contribution in [2.24, 2.45) is 0 Å². The van der Waals surface area contributed by atoms with Gasteiger partial charge in [0.15, 0.2) is 5.58 Å². The Morgan fingerprint density at radius 1 is 1.30 bits per heavy atom. The first-order valence-electron chi connectivity index (χ1n) is 5.67. The van der Waals surface area contributed by atoms with Crippen LogP contribution in [0.2, 0.25) is 5.02 Å². The molecular weight excluding hydrogens is 346 g/mol. The van der Waals surface area contributed by atoms with Crippen LogP contribution in [0.1, 0.15) is 0 Å². The molecular formula is C13H9BrClN3O2. The van der Waals surface area contributed by atoms with Crippen LogP contribution in [0, 0.1) is 0 Å². The van der Waals surface area contributed by atoms with Crippen molar-refractivity contribution in [3.05, 3.63) is 50.4 Å². The standard InChI is InChI=1S/C13H9BrClN3O2/c14-7-2-1-6(3-8(7)15)17-10-5-11-12(4-9(10)16)20-13(19)18-11/h1-5,17H,16H2,(H,18,19). The Balaban J connectivity index is 2.02. The maximum absolute atomic E-state index is 11.1. The number of hydrogen-bond donors (Lipinski definition) is 3. The van der Waals surface area contributed by atoms with Gasteiger partial charge < -0.3 is 15.5 Å².